The predicted molar refractivity (Wildman–Crippen MR) is 517 cm³/mol. The number of carbonyl (C=O) groups excluding carboxylic acids is 8. The maximum atomic E-state index is 13.8. The SMILES string of the molecule is CC#Cc1cncc(-c2csc([C@]34CN(C(=O)c5cc(F)cc(F)c5)CC3C(=O)N(C)C(N)=N4)c2)c1.CC#Cc1cncc(-c2csc([C@]34CN(C(=O)c5ccccc5)CC3C(=O)N(C)C(N)=N4)c2)c1.CN1C(=O)C2CN(C(=O)c3cccc(F)c3)C[C@]2(c2cc(-c3cccc(C#N)c3)cs2)N=C1N.CN1C(=O)C2CN(C(=O)c3ccccc3)C[C@]2(c2cc(-c3cccc(C#N)c3)cs2)N=C1N. The van der Waals surface area contributed by atoms with Gasteiger partial charge in [-0.1, -0.05) is 78.6 Å². The Morgan fingerprint density at radius 1 is 0.343 bits per heavy atom. The Balaban J connectivity index is 0.000000127. The number of fused-ring (bicyclic) bond motifs is 4. The molecular weight excluding hydrogens is 1820 g/mol. The zero-order valence-electron chi connectivity index (χ0n) is 74.5. The summed E-state index contributed by atoms with van der Waals surface area (Å²) in [7, 11) is 6.33. The number of likely N-dealkylation sites (tertiary alicyclic amines) is 4. The molecule has 8 aliphatic heterocycles. The number of nitriles is 2. The third-order valence-electron chi connectivity index (χ3n) is 25.6. The third-order valence-corrected chi connectivity index (χ3v) is 30.0. The number of nitrogens with zero attached hydrogens (tertiary/aromatic N) is 16. The predicted octanol–water partition coefficient (Wildman–Crippen LogP) is 12.4. The fourth-order valence-corrected chi connectivity index (χ4v) is 22.9. The van der Waals surface area contributed by atoms with Crippen LogP contribution in [0.2, 0.25) is 0 Å². The summed E-state index contributed by atoms with van der Waals surface area (Å²) in [5.74, 6) is 5.63. The summed E-state index contributed by atoms with van der Waals surface area (Å²) < 4.78 is 41.3. The van der Waals surface area contributed by atoms with Crippen LogP contribution in [0.25, 0.3) is 44.5 Å². The summed E-state index contributed by atoms with van der Waals surface area (Å²) in [6.45, 7) is 5.00. The van der Waals surface area contributed by atoms with Gasteiger partial charge in [-0.2, -0.15) is 10.5 Å². The summed E-state index contributed by atoms with van der Waals surface area (Å²) in [5, 5.41) is 26.4. The molecule has 8 atom stereocenters. The smallest absolute Gasteiger partial charge is 0.254 e. The number of aromatic nitrogens is 2. The van der Waals surface area contributed by atoms with E-state index in [4.69, 9.17) is 42.9 Å². The van der Waals surface area contributed by atoms with Gasteiger partial charge in [-0.05, 0) is 184 Å². The van der Waals surface area contributed by atoms with Crippen LogP contribution in [0.5, 0.6) is 0 Å². The van der Waals surface area contributed by atoms with Crippen molar-refractivity contribution in [3.8, 4) is 80.3 Å². The van der Waals surface area contributed by atoms with Gasteiger partial charge in [0.25, 0.3) is 23.6 Å². The Morgan fingerprint density at radius 2 is 0.635 bits per heavy atom. The topological polar surface area (TPSA) is 389 Å². The molecule has 137 heavy (non-hydrogen) atoms. The summed E-state index contributed by atoms with van der Waals surface area (Å²) in [6.07, 6.45) is 6.92. The molecule has 12 aromatic rings. The minimum atomic E-state index is -1.12. The van der Waals surface area contributed by atoms with Crippen molar-refractivity contribution >= 4 is 116 Å². The van der Waals surface area contributed by atoms with Crippen LogP contribution in [0.4, 0.5) is 13.2 Å². The number of hydrogen-bond donors (Lipinski definition) is 4. The molecule has 6 aromatic carbocycles. The number of thiophene rings is 4. The van der Waals surface area contributed by atoms with E-state index >= 15 is 0 Å². The van der Waals surface area contributed by atoms with Crippen LogP contribution in [0.3, 0.4) is 0 Å². The highest BCUT2D eigenvalue weighted by atomic mass is 32.1. The fraction of sp³-hybridized carbons (Fsp3) is 0.216. The number of pyridine rings is 2. The summed E-state index contributed by atoms with van der Waals surface area (Å²) in [5.41, 5.74) is 31.8. The maximum absolute atomic E-state index is 13.8. The van der Waals surface area contributed by atoms with Crippen molar-refractivity contribution in [3.05, 3.63) is 316 Å². The molecule has 8 amide bonds. The second kappa shape index (κ2) is 37.8. The molecule has 4 unspecified atom stereocenters. The quantitative estimate of drug-likeness (QED) is 0.0826. The van der Waals surface area contributed by atoms with Crippen LogP contribution in [0.1, 0.15) is 97.0 Å². The second-order valence-electron chi connectivity index (χ2n) is 33.9. The first-order chi connectivity index (χ1) is 65.9. The average molecular weight is 1900 g/mol. The van der Waals surface area contributed by atoms with Gasteiger partial charge < -0.3 is 42.5 Å². The Hall–Kier alpha value is -16.1. The monoisotopic (exact) mass is 1900 g/mol. The highest BCUT2D eigenvalue weighted by molar-refractivity contribution is 7.11. The van der Waals surface area contributed by atoms with Crippen molar-refractivity contribution in [2.24, 2.45) is 66.6 Å². The van der Waals surface area contributed by atoms with Crippen LogP contribution in [0, 0.1) is 87.5 Å². The molecule has 28 nitrogen and oxygen atoms in total. The molecule has 0 radical (unpaired) electrons. The van der Waals surface area contributed by atoms with Gasteiger partial charge in [-0.3, -0.25) is 67.9 Å². The van der Waals surface area contributed by atoms with Crippen LogP contribution >= 0.6 is 45.3 Å². The van der Waals surface area contributed by atoms with Crippen molar-refractivity contribution in [1.29, 1.82) is 10.5 Å². The number of halogens is 3. The summed E-state index contributed by atoms with van der Waals surface area (Å²) in [6, 6.07) is 57.1. The van der Waals surface area contributed by atoms with E-state index in [1.54, 1.807) is 123 Å². The van der Waals surface area contributed by atoms with Gasteiger partial charge in [-0.25, -0.2) is 33.1 Å². The molecular formula is C102H85F3N20O8S4. The lowest BCUT2D eigenvalue weighted by Gasteiger charge is -2.36. The van der Waals surface area contributed by atoms with E-state index < -0.39 is 69.2 Å². The number of carbonyl (C=O) groups is 8. The number of hydrogen-bond acceptors (Lipinski definition) is 24. The molecule has 6 aromatic heterocycles. The second-order valence-corrected chi connectivity index (χ2v) is 37.5. The molecule has 8 N–H and O–H groups in total. The van der Waals surface area contributed by atoms with Crippen LogP contribution in [-0.2, 0) is 41.3 Å². The van der Waals surface area contributed by atoms with Gasteiger partial charge in [0.2, 0.25) is 23.6 Å². The first-order valence-corrected chi connectivity index (χ1v) is 46.6. The van der Waals surface area contributed by atoms with E-state index in [0.29, 0.717) is 28.3 Å². The molecule has 0 bridgehead atoms. The lowest BCUT2D eigenvalue weighted by Crippen LogP contribution is -2.54. The van der Waals surface area contributed by atoms with Gasteiger partial charge in [0.15, 0.2) is 23.8 Å². The van der Waals surface area contributed by atoms with Crippen molar-refractivity contribution in [2.45, 2.75) is 36.0 Å². The number of nitrogens with two attached hydrogens (primary N) is 4. The zero-order valence-corrected chi connectivity index (χ0v) is 77.7. The van der Waals surface area contributed by atoms with E-state index in [9.17, 15) is 62.1 Å². The number of rotatable bonds is 12. The molecule has 8 aliphatic rings. The van der Waals surface area contributed by atoms with Crippen molar-refractivity contribution in [3.63, 3.8) is 0 Å². The largest absolute Gasteiger partial charge is 0.369 e. The van der Waals surface area contributed by atoms with Crippen molar-refractivity contribution in [1.82, 2.24) is 49.2 Å². The van der Waals surface area contributed by atoms with Gasteiger partial charge in [0, 0.05) is 149 Å². The molecule has 14 heterocycles. The maximum Gasteiger partial charge on any atom is 0.254 e. The Morgan fingerprint density at radius 3 is 0.956 bits per heavy atom. The number of guanidine groups is 4. The standard InChI is InChI=1S/C26H21F2N5O2S.C26H23N5O2S.C25H20FN5O2S.C25H21N5O2S/c1-3-4-15-5-17(11-30-10-15)18-8-22(36-13-18)26-14-33(12-21(26)24(35)32(2)25(29)31-26)23(34)16-6-19(27)9-20(28)7-16;1-3-7-17-10-19(13-28-12-17)20-11-22(34-15-20)26-16-31(23(32)18-8-5-4-6-9-18)14-21(26)24(33)30(2)25(27)29-26;1-30-23(33)20-12-31(22(32)17-6-3-7-19(26)9-17)14-25(20,29-24(30)28)21-10-18(13-34-21)16-5-2-4-15(8-16)11-27;1-29-23(32)20-13-30(22(31)17-7-3-2-4-8-17)15-25(20,28-24(29)27)21-11-19(14-33-21)18-9-5-6-16(10-18)12-26/h5-11,13,21H,12,14H2,1-2H3,(H2,29,31);4-6,8-13,15,21H,14,16H2,1-2H3,(H2,27,29);2-10,13,20H,12,14H2,1H3,(H2,28,29);2-11,14,20H,13,15H2,1H3,(H2,27,28)/t2*21?,26-;2*20?,25-/m0000/s1. The number of amides is 8. The first-order valence-electron chi connectivity index (χ1n) is 43.0. The Bertz CT molecular complexity index is 7260. The number of aliphatic imine (C=N–C) groups is 4. The van der Waals surface area contributed by atoms with Crippen LogP contribution in [-0.4, -0.2) is 201 Å². The molecule has 35 heteroatoms. The van der Waals surface area contributed by atoms with E-state index in [1.165, 1.54) is 95.1 Å². The molecule has 4 saturated heterocycles. The summed E-state index contributed by atoms with van der Waals surface area (Å²) in [4.78, 5) is 149. The highest BCUT2D eigenvalue weighted by Gasteiger charge is 2.62. The molecule has 0 saturated carbocycles. The van der Waals surface area contributed by atoms with E-state index in [1.807, 2.05) is 125 Å². The first kappa shape index (κ1) is 92.8. The average Bonchev–Trinajstić information content (AvgIpc) is 1.59. The third kappa shape index (κ3) is 17.6. The lowest BCUT2D eigenvalue weighted by atomic mass is 9.83. The Kier molecular flexibility index (Phi) is 25.6. The molecule has 686 valence electrons. The van der Waals surface area contributed by atoms with E-state index in [0.717, 1.165) is 87.3 Å². The number of benzene rings is 6. The summed E-state index contributed by atoms with van der Waals surface area (Å²) >= 11 is 5.85. The van der Waals surface area contributed by atoms with E-state index in [2.05, 4.69) is 45.8 Å². The van der Waals surface area contributed by atoms with Crippen LogP contribution in [0.15, 0.2) is 254 Å². The van der Waals surface area contributed by atoms with Gasteiger partial charge in [0.05, 0.1) is 73.1 Å². The lowest BCUT2D eigenvalue weighted by molar-refractivity contribution is -0.133. The molecule has 0 spiro atoms. The highest BCUT2D eigenvalue weighted by Crippen LogP contribution is 2.53. The van der Waals surface area contributed by atoms with Crippen LogP contribution < -0.4 is 22.9 Å². The normalized spacial score (nSPS) is 21.6. The minimum absolute atomic E-state index is 0.0350. The van der Waals surface area contributed by atoms with Gasteiger partial charge in [0.1, 0.15) is 39.6 Å². The Labute approximate surface area is 801 Å². The van der Waals surface area contributed by atoms with Gasteiger partial charge >= 0.3 is 0 Å². The fourth-order valence-electron chi connectivity index (χ4n) is 18.5. The zero-order chi connectivity index (χ0) is 96.7. The minimum Gasteiger partial charge on any atom is -0.369 e. The van der Waals surface area contributed by atoms with Crippen molar-refractivity contribution < 1.29 is 51.5 Å². The molecule has 20 rings (SSSR count). The van der Waals surface area contributed by atoms with E-state index in [-0.39, 0.29) is 129 Å². The molecule has 4 fully saturated rings. The molecule has 0 aliphatic carbocycles. The van der Waals surface area contributed by atoms with Crippen molar-refractivity contribution in [2.75, 3.05) is 80.5 Å². The van der Waals surface area contributed by atoms with Gasteiger partial charge in [-0.15, -0.1) is 57.2 Å².